The predicted octanol–water partition coefficient (Wildman–Crippen LogP) is 0.553. The fourth-order valence-corrected chi connectivity index (χ4v) is 0.508. The van der Waals surface area contributed by atoms with Gasteiger partial charge in [-0.15, -0.1) is 0 Å². The van der Waals surface area contributed by atoms with Gasteiger partial charge in [0.2, 0.25) is 0 Å². The summed E-state index contributed by atoms with van der Waals surface area (Å²) in [5.41, 5.74) is 0. The summed E-state index contributed by atoms with van der Waals surface area (Å²) in [6.45, 7) is 2.09. The smallest absolute Gasteiger partial charge is 0.0515 e. The van der Waals surface area contributed by atoms with E-state index < -0.39 is 0 Å². The topological polar surface area (TPSA) is 40.5 Å². The monoisotopic (exact) mass is 130 g/mol. The van der Waals surface area contributed by atoms with Crippen LogP contribution in [0.4, 0.5) is 0 Å². The van der Waals surface area contributed by atoms with E-state index in [0.717, 1.165) is 6.42 Å². The number of hydrogen-bond donors (Lipinski definition) is 2. The molecule has 0 atom stereocenters. The number of rotatable bonds is 4. The third kappa shape index (κ3) is 4.18. The molecule has 0 aromatic heterocycles. The summed E-state index contributed by atoms with van der Waals surface area (Å²) in [4.78, 5) is 0. The summed E-state index contributed by atoms with van der Waals surface area (Å²) >= 11 is 0. The molecular weight excluding hydrogens is 116 g/mol. The Hall–Kier alpha value is -0.340. The van der Waals surface area contributed by atoms with Gasteiger partial charge in [-0.05, 0) is 6.42 Å². The molecule has 0 heterocycles. The van der Waals surface area contributed by atoms with Crippen LogP contribution < -0.4 is 0 Å². The Morgan fingerprint density at radius 3 is 2.22 bits per heavy atom. The lowest BCUT2D eigenvalue weighted by molar-refractivity contribution is 0.177. The van der Waals surface area contributed by atoms with Gasteiger partial charge in [0.1, 0.15) is 0 Å². The predicted molar refractivity (Wildman–Crippen MR) is 37.1 cm³/mol. The van der Waals surface area contributed by atoms with Gasteiger partial charge in [-0.25, -0.2) is 0 Å². The molecule has 0 aromatic carbocycles. The van der Waals surface area contributed by atoms with E-state index in [4.69, 9.17) is 10.2 Å². The summed E-state index contributed by atoms with van der Waals surface area (Å²) in [6.07, 6.45) is 4.73. The molecule has 0 amide bonds. The quantitative estimate of drug-likeness (QED) is 0.546. The summed E-state index contributed by atoms with van der Waals surface area (Å²) in [5, 5.41) is 17.1. The van der Waals surface area contributed by atoms with Gasteiger partial charge in [-0.2, -0.15) is 0 Å². The molecule has 0 aliphatic rings. The van der Waals surface area contributed by atoms with E-state index in [9.17, 15) is 0 Å². The second kappa shape index (κ2) is 5.79. The Labute approximate surface area is 55.8 Å². The molecule has 9 heavy (non-hydrogen) atoms. The normalized spacial score (nSPS) is 11.6. The van der Waals surface area contributed by atoms with Crippen molar-refractivity contribution in [1.82, 2.24) is 0 Å². The lowest BCUT2D eigenvalue weighted by Crippen LogP contribution is -2.06. The van der Waals surface area contributed by atoms with Crippen LogP contribution in [0.2, 0.25) is 0 Å². The molecule has 0 radical (unpaired) electrons. The molecule has 0 rings (SSSR count). The van der Waals surface area contributed by atoms with Crippen LogP contribution >= 0.6 is 0 Å². The minimum atomic E-state index is -0.0649. The highest BCUT2D eigenvalue weighted by Crippen LogP contribution is 1.95. The standard InChI is InChI=1S/C7H14O2/c1-2-3-4-7(5-8)6-9/h3-4,7-9H,2,5-6H2,1H3/b4-3+. The van der Waals surface area contributed by atoms with Crippen LogP contribution in [0.25, 0.3) is 0 Å². The van der Waals surface area contributed by atoms with Crippen molar-refractivity contribution in [2.75, 3.05) is 13.2 Å². The van der Waals surface area contributed by atoms with Gasteiger partial charge < -0.3 is 10.2 Å². The Balaban J connectivity index is 3.41. The van der Waals surface area contributed by atoms with Gasteiger partial charge in [0.15, 0.2) is 0 Å². The molecule has 2 heteroatoms. The van der Waals surface area contributed by atoms with Crippen LogP contribution in [-0.4, -0.2) is 23.4 Å². The van der Waals surface area contributed by atoms with E-state index in [0.29, 0.717) is 0 Å². The summed E-state index contributed by atoms with van der Waals surface area (Å²) in [5.74, 6) is -0.0649. The summed E-state index contributed by atoms with van der Waals surface area (Å²) < 4.78 is 0. The number of allylic oxidation sites excluding steroid dienone is 1. The van der Waals surface area contributed by atoms with Gasteiger partial charge in [0.25, 0.3) is 0 Å². The van der Waals surface area contributed by atoms with E-state index >= 15 is 0 Å². The molecule has 0 saturated carbocycles. The molecule has 2 nitrogen and oxygen atoms in total. The highest BCUT2D eigenvalue weighted by atomic mass is 16.3. The molecule has 0 aromatic rings. The average molecular weight is 130 g/mol. The Morgan fingerprint density at radius 2 is 1.89 bits per heavy atom. The Morgan fingerprint density at radius 1 is 1.33 bits per heavy atom. The maximum atomic E-state index is 8.54. The fraction of sp³-hybridized carbons (Fsp3) is 0.714. The van der Waals surface area contributed by atoms with Crippen molar-refractivity contribution in [3.05, 3.63) is 12.2 Å². The highest BCUT2D eigenvalue weighted by Gasteiger charge is 1.97. The second-order valence-electron chi connectivity index (χ2n) is 1.96. The van der Waals surface area contributed by atoms with E-state index in [1.54, 1.807) is 0 Å². The van der Waals surface area contributed by atoms with Gasteiger partial charge in [-0.3, -0.25) is 0 Å². The third-order valence-corrected chi connectivity index (χ3v) is 1.11. The number of hydrogen-bond acceptors (Lipinski definition) is 2. The minimum Gasteiger partial charge on any atom is -0.396 e. The Kier molecular flexibility index (Phi) is 5.57. The van der Waals surface area contributed by atoms with Crippen LogP contribution in [0.3, 0.4) is 0 Å². The van der Waals surface area contributed by atoms with Crippen LogP contribution in [0.15, 0.2) is 12.2 Å². The largest absolute Gasteiger partial charge is 0.396 e. The molecule has 54 valence electrons. The zero-order valence-corrected chi connectivity index (χ0v) is 5.75. The first-order chi connectivity index (χ1) is 4.35. The van der Waals surface area contributed by atoms with Crippen molar-refractivity contribution >= 4 is 0 Å². The molecular formula is C7H14O2. The lowest BCUT2D eigenvalue weighted by Gasteiger charge is -2.01. The maximum absolute atomic E-state index is 8.54. The molecule has 0 bridgehead atoms. The summed E-state index contributed by atoms with van der Waals surface area (Å²) in [7, 11) is 0. The van der Waals surface area contributed by atoms with E-state index in [1.807, 2.05) is 19.1 Å². The second-order valence-corrected chi connectivity index (χ2v) is 1.96. The zero-order valence-electron chi connectivity index (χ0n) is 5.75. The molecule has 0 aliphatic heterocycles. The fourth-order valence-electron chi connectivity index (χ4n) is 0.508. The van der Waals surface area contributed by atoms with Crippen molar-refractivity contribution in [3.8, 4) is 0 Å². The SMILES string of the molecule is CC/C=C/C(CO)CO. The Bertz CT molecular complexity index is 75.0. The molecule has 2 N–H and O–H groups in total. The van der Waals surface area contributed by atoms with Crippen molar-refractivity contribution in [2.45, 2.75) is 13.3 Å². The van der Waals surface area contributed by atoms with Crippen LogP contribution in [0.1, 0.15) is 13.3 Å². The van der Waals surface area contributed by atoms with Crippen molar-refractivity contribution < 1.29 is 10.2 Å². The van der Waals surface area contributed by atoms with Crippen LogP contribution in [-0.2, 0) is 0 Å². The summed E-state index contributed by atoms with van der Waals surface area (Å²) in [6, 6.07) is 0. The highest BCUT2D eigenvalue weighted by molar-refractivity contribution is 4.86. The molecule has 0 aliphatic carbocycles. The van der Waals surface area contributed by atoms with E-state index in [1.165, 1.54) is 0 Å². The van der Waals surface area contributed by atoms with Gasteiger partial charge in [0.05, 0.1) is 13.2 Å². The van der Waals surface area contributed by atoms with Gasteiger partial charge >= 0.3 is 0 Å². The molecule has 0 unspecified atom stereocenters. The zero-order chi connectivity index (χ0) is 7.11. The van der Waals surface area contributed by atoms with Gasteiger partial charge in [-0.1, -0.05) is 19.1 Å². The van der Waals surface area contributed by atoms with Crippen molar-refractivity contribution in [2.24, 2.45) is 5.92 Å². The molecule has 0 saturated heterocycles. The van der Waals surface area contributed by atoms with Crippen LogP contribution in [0, 0.1) is 5.92 Å². The first-order valence-electron chi connectivity index (χ1n) is 3.23. The van der Waals surface area contributed by atoms with E-state index in [-0.39, 0.29) is 19.1 Å². The van der Waals surface area contributed by atoms with Gasteiger partial charge in [0, 0.05) is 5.92 Å². The first-order valence-corrected chi connectivity index (χ1v) is 3.23. The molecule has 0 spiro atoms. The first kappa shape index (κ1) is 8.66. The average Bonchev–Trinajstić information content (AvgIpc) is 1.91. The van der Waals surface area contributed by atoms with Crippen molar-refractivity contribution in [3.63, 3.8) is 0 Å². The number of aliphatic hydroxyl groups is 2. The molecule has 0 fully saturated rings. The number of aliphatic hydroxyl groups excluding tert-OH is 2. The van der Waals surface area contributed by atoms with Crippen LogP contribution in [0.5, 0.6) is 0 Å². The third-order valence-electron chi connectivity index (χ3n) is 1.11. The van der Waals surface area contributed by atoms with Crippen molar-refractivity contribution in [1.29, 1.82) is 0 Å². The minimum absolute atomic E-state index is 0.0347. The lowest BCUT2D eigenvalue weighted by atomic mass is 10.1. The maximum Gasteiger partial charge on any atom is 0.0515 e. The van der Waals surface area contributed by atoms with E-state index in [2.05, 4.69) is 0 Å².